The number of likely N-dealkylation sites (N-methyl/N-ethyl adjacent to an activating group) is 1. The van der Waals surface area contributed by atoms with Crippen molar-refractivity contribution in [1.82, 2.24) is 4.90 Å². The van der Waals surface area contributed by atoms with Crippen LogP contribution in [0.25, 0.3) is 0 Å². The Morgan fingerprint density at radius 1 is 1.21 bits per heavy atom. The van der Waals surface area contributed by atoms with Crippen LogP contribution in [0.5, 0.6) is 0 Å². The van der Waals surface area contributed by atoms with Crippen molar-refractivity contribution in [2.75, 3.05) is 18.4 Å². The number of hydrogen-bond acceptors (Lipinski definition) is 3. The SMILES string of the molecule is CCN(CC(=O)O)C(=O)c1ccc(NC(C)=O)cc1. The molecule has 0 aromatic heterocycles. The molecule has 1 aromatic rings. The first-order chi connectivity index (χ1) is 8.93. The summed E-state index contributed by atoms with van der Waals surface area (Å²) in [5.74, 6) is -1.59. The molecule has 0 atom stereocenters. The fourth-order valence-corrected chi connectivity index (χ4v) is 1.57. The molecule has 0 heterocycles. The van der Waals surface area contributed by atoms with E-state index in [1.165, 1.54) is 11.8 Å². The fraction of sp³-hybridized carbons (Fsp3) is 0.308. The molecule has 6 nitrogen and oxygen atoms in total. The van der Waals surface area contributed by atoms with Crippen LogP contribution in [0.1, 0.15) is 24.2 Å². The van der Waals surface area contributed by atoms with Gasteiger partial charge in [0.1, 0.15) is 6.54 Å². The molecule has 0 aliphatic heterocycles. The zero-order chi connectivity index (χ0) is 14.4. The van der Waals surface area contributed by atoms with Crippen molar-refractivity contribution in [2.45, 2.75) is 13.8 Å². The first-order valence-electron chi connectivity index (χ1n) is 5.82. The highest BCUT2D eigenvalue weighted by Crippen LogP contribution is 2.11. The van der Waals surface area contributed by atoms with Crippen molar-refractivity contribution < 1.29 is 19.5 Å². The molecule has 0 fully saturated rings. The zero-order valence-electron chi connectivity index (χ0n) is 10.8. The summed E-state index contributed by atoms with van der Waals surface area (Å²) in [7, 11) is 0. The van der Waals surface area contributed by atoms with Crippen LogP contribution < -0.4 is 5.32 Å². The summed E-state index contributed by atoms with van der Waals surface area (Å²) in [4.78, 5) is 34.7. The Labute approximate surface area is 111 Å². The molecule has 0 unspecified atom stereocenters. The molecule has 0 bridgehead atoms. The predicted octanol–water partition coefficient (Wildman–Crippen LogP) is 1.19. The van der Waals surface area contributed by atoms with Gasteiger partial charge in [-0.25, -0.2) is 0 Å². The van der Waals surface area contributed by atoms with E-state index < -0.39 is 5.97 Å². The van der Waals surface area contributed by atoms with Crippen LogP contribution in [0.4, 0.5) is 5.69 Å². The maximum Gasteiger partial charge on any atom is 0.323 e. The van der Waals surface area contributed by atoms with Crippen molar-refractivity contribution in [3.05, 3.63) is 29.8 Å². The van der Waals surface area contributed by atoms with E-state index in [4.69, 9.17) is 5.11 Å². The molecule has 1 rings (SSSR count). The summed E-state index contributed by atoms with van der Waals surface area (Å²) in [6.07, 6.45) is 0. The van der Waals surface area contributed by atoms with Crippen LogP contribution in [0.3, 0.4) is 0 Å². The standard InChI is InChI=1S/C13H16N2O4/c1-3-15(8-12(17)18)13(19)10-4-6-11(7-5-10)14-9(2)16/h4-7H,3,8H2,1-2H3,(H,14,16)(H,17,18). The molecular formula is C13H16N2O4. The molecule has 0 saturated heterocycles. The molecule has 0 spiro atoms. The lowest BCUT2D eigenvalue weighted by molar-refractivity contribution is -0.137. The minimum absolute atomic E-state index is 0.194. The van der Waals surface area contributed by atoms with E-state index in [1.807, 2.05) is 0 Å². The number of aliphatic carboxylic acids is 1. The summed E-state index contributed by atoms with van der Waals surface area (Å²) in [6, 6.07) is 6.31. The molecular weight excluding hydrogens is 248 g/mol. The van der Waals surface area contributed by atoms with E-state index in [0.29, 0.717) is 17.8 Å². The van der Waals surface area contributed by atoms with E-state index in [9.17, 15) is 14.4 Å². The first-order valence-corrected chi connectivity index (χ1v) is 5.82. The second-order valence-electron chi connectivity index (χ2n) is 3.97. The third kappa shape index (κ3) is 4.42. The Bertz CT molecular complexity index is 482. The summed E-state index contributed by atoms with van der Waals surface area (Å²) < 4.78 is 0. The first kappa shape index (κ1) is 14.7. The quantitative estimate of drug-likeness (QED) is 0.836. The van der Waals surface area contributed by atoms with Gasteiger partial charge in [0, 0.05) is 24.7 Å². The van der Waals surface area contributed by atoms with Gasteiger partial charge < -0.3 is 15.3 Å². The van der Waals surface area contributed by atoms with Gasteiger partial charge in [-0.1, -0.05) is 0 Å². The van der Waals surface area contributed by atoms with Crippen LogP contribution in [0.2, 0.25) is 0 Å². The molecule has 0 aliphatic rings. The number of carbonyl (C=O) groups is 3. The van der Waals surface area contributed by atoms with Gasteiger partial charge in [-0.3, -0.25) is 14.4 Å². The van der Waals surface area contributed by atoms with Gasteiger partial charge in [0.15, 0.2) is 0 Å². The van der Waals surface area contributed by atoms with Crippen molar-refractivity contribution in [1.29, 1.82) is 0 Å². The molecule has 2 amide bonds. The third-order valence-electron chi connectivity index (χ3n) is 2.45. The molecule has 19 heavy (non-hydrogen) atoms. The van der Waals surface area contributed by atoms with Gasteiger partial charge in [-0.05, 0) is 31.2 Å². The highest BCUT2D eigenvalue weighted by Gasteiger charge is 2.16. The Kier molecular flexibility index (Phi) is 5.05. The van der Waals surface area contributed by atoms with Crippen molar-refractivity contribution >= 4 is 23.5 Å². The number of amides is 2. The predicted molar refractivity (Wildman–Crippen MR) is 70.0 cm³/mol. The smallest absolute Gasteiger partial charge is 0.323 e. The largest absolute Gasteiger partial charge is 0.480 e. The number of benzene rings is 1. The van der Waals surface area contributed by atoms with E-state index in [2.05, 4.69) is 5.32 Å². The maximum absolute atomic E-state index is 12.0. The van der Waals surface area contributed by atoms with E-state index >= 15 is 0 Å². The summed E-state index contributed by atoms with van der Waals surface area (Å²) in [6.45, 7) is 3.10. The van der Waals surface area contributed by atoms with Crippen LogP contribution in [-0.2, 0) is 9.59 Å². The molecule has 6 heteroatoms. The van der Waals surface area contributed by atoms with E-state index in [0.717, 1.165) is 0 Å². The number of carboxylic acids is 1. The lowest BCUT2D eigenvalue weighted by atomic mass is 10.1. The number of carboxylic acid groups (broad SMARTS) is 1. The van der Waals surface area contributed by atoms with Gasteiger partial charge in [-0.2, -0.15) is 0 Å². The Morgan fingerprint density at radius 2 is 1.79 bits per heavy atom. The molecule has 2 N–H and O–H groups in total. The number of nitrogens with zero attached hydrogens (tertiary/aromatic N) is 1. The normalized spacial score (nSPS) is 9.79. The van der Waals surface area contributed by atoms with Gasteiger partial charge in [0.25, 0.3) is 5.91 Å². The molecule has 0 saturated carbocycles. The van der Waals surface area contributed by atoms with Gasteiger partial charge >= 0.3 is 5.97 Å². The summed E-state index contributed by atoms with van der Waals surface area (Å²) in [5, 5.41) is 11.3. The number of anilines is 1. The number of carbonyl (C=O) groups excluding carboxylic acids is 2. The lowest BCUT2D eigenvalue weighted by Crippen LogP contribution is -2.35. The molecule has 102 valence electrons. The Morgan fingerprint density at radius 3 is 2.21 bits per heavy atom. The van der Waals surface area contributed by atoms with E-state index in [-0.39, 0.29) is 18.4 Å². The average Bonchev–Trinajstić information content (AvgIpc) is 2.35. The monoisotopic (exact) mass is 264 g/mol. The average molecular weight is 264 g/mol. The number of nitrogens with one attached hydrogen (secondary N) is 1. The highest BCUT2D eigenvalue weighted by molar-refractivity contribution is 5.96. The summed E-state index contributed by atoms with van der Waals surface area (Å²) >= 11 is 0. The van der Waals surface area contributed by atoms with Crippen molar-refractivity contribution in [3.63, 3.8) is 0 Å². The van der Waals surface area contributed by atoms with Crippen LogP contribution in [0.15, 0.2) is 24.3 Å². The highest BCUT2D eigenvalue weighted by atomic mass is 16.4. The van der Waals surface area contributed by atoms with Gasteiger partial charge in [-0.15, -0.1) is 0 Å². The Hall–Kier alpha value is -2.37. The van der Waals surface area contributed by atoms with Crippen molar-refractivity contribution in [2.24, 2.45) is 0 Å². The van der Waals surface area contributed by atoms with Crippen LogP contribution >= 0.6 is 0 Å². The van der Waals surface area contributed by atoms with Gasteiger partial charge in [0.05, 0.1) is 0 Å². The molecule has 0 radical (unpaired) electrons. The van der Waals surface area contributed by atoms with E-state index in [1.54, 1.807) is 31.2 Å². The summed E-state index contributed by atoms with van der Waals surface area (Å²) in [5.41, 5.74) is 0.975. The molecule has 1 aromatic carbocycles. The number of hydrogen-bond donors (Lipinski definition) is 2. The van der Waals surface area contributed by atoms with Gasteiger partial charge in [0.2, 0.25) is 5.91 Å². The topological polar surface area (TPSA) is 86.7 Å². The maximum atomic E-state index is 12.0. The zero-order valence-corrected chi connectivity index (χ0v) is 10.8. The lowest BCUT2D eigenvalue weighted by Gasteiger charge is -2.18. The minimum atomic E-state index is -1.05. The van der Waals surface area contributed by atoms with Crippen LogP contribution in [0, 0.1) is 0 Å². The Balaban J connectivity index is 2.81. The minimum Gasteiger partial charge on any atom is -0.480 e. The second kappa shape index (κ2) is 6.53. The third-order valence-corrected chi connectivity index (χ3v) is 2.45. The second-order valence-corrected chi connectivity index (χ2v) is 3.97. The molecule has 0 aliphatic carbocycles. The number of rotatable bonds is 5. The fourth-order valence-electron chi connectivity index (χ4n) is 1.57. The van der Waals surface area contributed by atoms with Crippen LogP contribution in [-0.4, -0.2) is 40.9 Å². The van der Waals surface area contributed by atoms with Crippen molar-refractivity contribution in [3.8, 4) is 0 Å².